The third kappa shape index (κ3) is 2.47. The van der Waals surface area contributed by atoms with Crippen LogP contribution in [0.1, 0.15) is 27.4 Å². The van der Waals surface area contributed by atoms with E-state index in [0.29, 0.717) is 12.1 Å². The van der Waals surface area contributed by atoms with Gasteiger partial charge in [-0.3, -0.25) is 9.59 Å². The normalized spacial score (nSPS) is 17.1. The summed E-state index contributed by atoms with van der Waals surface area (Å²) >= 11 is 0. The van der Waals surface area contributed by atoms with E-state index in [4.69, 9.17) is 0 Å². The first-order valence-electron chi connectivity index (χ1n) is 6.51. The molecule has 2 heterocycles. The number of fused-ring (bicyclic) bond motifs is 1. The van der Waals surface area contributed by atoms with E-state index in [2.05, 4.69) is 9.97 Å². The van der Waals surface area contributed by atoms with Crippen LogP contribution >= 0.6 is 0 Å². The Kier molecular flexibility index (Phi) is 3.35. The molecule has 1 amide bonds. The molecule has 6 heteroatoms. The number of aliphatic carboxylic acids is 1. The van der Waals surface area contributed by atoms with Crippen molar-refractivity contribution < 1.29 is 14.7 Å². The highest BCUT2D eigenvalue weighted by atomic mass is 16.4. The van der Waals surface area contributed by atoms with Crippen molar-refractivity contribution >= 4 is 11.9 Å². The molecule has 0 saturated carbocycles. The van der Waals surface area contributed by atoms with Crippen molar-refractivity contribution in [1.29, 1.82) is 0 Å². The lowest BCUT2D eigenvalue weighted by Gasteiger charge is -2.32. The van der Waals surface area contributed by atoms with Gasteiger partial charge in [-0.25, -0.2) is 9.97 Å². The molecule has 1 aromatic carbocycles. The molecule has 0 spiro atoms. The van der Waals surface area contributed by atoms with E-state index in [0.717, 1.165) is 11.1 Å². The molecule has 2 aromatic rings. The fraction of sp³-hybridized carbons (Fsp3) is 0.200. The quantitative estimate of drug-likeness (QED) is 0.898. The zero-order valence-corrected chi connectivity index (χ0v) is 11.1. The molecule has 21 heavy (non-hydrogen) atoms. The topological polar surface area (TPSA) is 83.4 Å². The second-order valence-electron chi connectivity index (χ2n) is 4.90. The second-order valence-corrected chi connectivity index (χ2v) is 4.90. The first-order chi connectivity index (χ1) is 10.2. The highest BCUT2D eigenvalue weighted by molar-refractivity contribution is 5.94. The third-order valence-electron chi connectivity index (χ3n) is 3.59. The van der Waals surface area contributed by atoms with Crippen molar-refractivity contribution in [3.63, 3.8) is 0 Å². The van der Waals surface area contributed by atoms with E-state index in [1.807, 2.05) is 24.3 Å². The predicted molar refractivity (Wildman–Crippen MR) is 73.6 cm³/mol. The summed E-state index contributed by atoms with van der Waals surface area (Å²) in [6.45, 7) is 0.549. The monoisotopic (exact) mass is 283 g/mol. The maximum absolute atomic E-state index is 12.4. The average molecular weight is 283 g/mol. The van der Waals surface area contributed by atoms with Gasteiger partial charge >= 0.3 is 5.97 Å². The third-order valence-corrected chi connectivity index (χ3v) is 3.59. The molecule has 0 saturated heterocycles. The smallest absolute Gasteiger partial charge is 0.312 e. The Bertz CT molecular complexity index is 688. The van der Waals surface area contributed by atoms with Crippen LogP contribution < -0.4 is 0 Å². The molecule has 0 fully saturated rings. The Morgan fingerprint density at radius 3 is 2.62 bits per heavy atom. The highest BCUT2D eigenvalue weighted by Crippen LogP contribution is 2.29. The molecular formula is C15H13N3O3. The van der Waals surface area contributed by atoms with E-state index >= 15 is 0 Å². The van der Waals surface area contributed by atoms with E-state index in [-0.39, 0.29) is 12.5 Å². The van der Waals surface area contributed by atoms with Crippen LogP contribution in [0.3, 0.4) is 0 Å². The zero-order valence-electron chi connectivity index (χ0n) is 11.1. The molecule has 6 nitrogen and oxygen atoms in total. The van der Waals surface area contributed by atoms with Gasteiger partial charge in [-0.1, -0.05) is 24.3 Å². The van der Waals surface area contributed by atoms with Crippen LogP contribution in [0.15, 0.2) is 43.0 Å². The van der Waals surface area contributed by atoms with Crippen molar-refractivity contribution in [3.05, 3.63) is 59.7 Å². The van der Waals surface area contributed by atoms with Gasteiger partial charge in [0.15, 0.2) is 0 Å². The molecule has 1 aliphatic heterocycles. The lowest BCUT2D eigenvalue weighted by Crippen LogP contribution is -2.40. The number of benzene rings is 1. The lowest BCUT2D eigenvalue weighted by molar-refractivity contribution is -0.139. The molecule has 0 radical (unpaired) electrons. The van der Waals surface area contributed by atoms with Gasteiger partial charge in [-0.15, -0.1) is 0 Å². The van der Waals surface area contributed by atoms with E-state index in [9.17, 15) is 14.7 Å². The molecule has 1 N–H and O–H groups in total. The molecule has 1 atom stereocenters. The maximum atomic E-state index is 12.4. The van der Waals surface area contributed by atoms with Gasteiger partial charge < -0.3 is 10.0 Å². The number of hydrogen-bond donors (Lipinski definition) is 1. The molecular weight excluding hydrogens is 270 g/mol. The van der Waals surface area contributed by atoms with Gasteiger partial charge in [-0.2, -0.15) is 0 Å². The predicted octanol–water partition coefficient (Wildman–Crippen LogP) is 1.30. The summed E-state index contributed by atoms with van der Waals surface area (Å²) in [5, 5.41) is 9.39. The van der Waals surface area contributed by atoms with Gasteiger partial charge in [0.05, 0.1) is 11.5 Å². The van der Waals surface area contributed by atoms with Crippen LogP contribution in [0.25, 0.3) is 0 Å². The molecule has 3 rings (SSSR count). The molecule has 0 bridgehead atoms. The van der Waals surface area contributed by atoms with Crippen molar-refractivity contribution in [2.75, 3.05) is 6.54 Å². The molecule has 1 aromatic heterocycles. The number of carbonyl (C=O) groups is 2. The van der Waals surface area contributed by atoms with Crippen LogP contribution in [-0.4, -0.2) is 38.4 Å². The standard InChI is InChI=1S/C15H13N3O3/c19-14(11-5-16-9-17-6-11)18-7-10-3-1-2-4-12(10)13(8-18)15(20)21/h1-6,9,13H,7-8H2,(H,20,21). The minimum absolute atomic E-state index is 0.153. The Labute approximate surface area is 121 Å². The molecule has 106 valence electrons. The Morgan fingerprint density at radius 1 is 1.19 bits per heavy atom. The van der Waals surface area contributed by atoms with Crippen molar-refractivity contribution in [2.45, 2.75) is 12.5 Å². The number of nitrogens with zero attached hydrogens (tertiary/aromatic N) is 3. The first-order valence-corrected chi connectivity index (χ1v) is 6.51. The summed E-state index contributed by atoms with van der Waals surface area (Å²) in [4.78, 5) is 33.1. The number of carboxylic acids is 1. The summed E-state index contributed by atoms with van der Waals surface area (Å²) in [6, 6.07) is 7.32. The van der Waals surface area contributed by atoms with Crippen LogP contribution in [0, 0.1) is 0 Å². The van der Waals surface area contributed by atoms with Crippen LogP contribution in [0.5, 0.6) is 0 Å². The molecule has 0 aliphatic carbocycles. The first kappa shape index (κ1) is 13.2. The summed E-state index contributed by atoms with van der Waals surface area (Å²) in [6.07, 6.45) is 4.22. The van der Waals surface area contributed by atoms with Gasteiger partial charge in [0.25, 0.3) is 5.91 Å². The number of carbonyl (C=O) groups excluding carboxylic acids is 1. The van der Waals surface area contributed by atoms with Gasteiger partial charge in [-0.05, 0) is 11.1 Å². The van der Waals surface area contributed by atoms with Crippen molar-refractivity contribution in [1.82, 2.24) is 14.9 Å². The minimum Gasteiger partial charge on any atom is -0.481 e. The van der Waals surface area contributed by atoms with E-state index in [1.54, 1.807) is 0 Å². The van der Waals surface area contributed by atoms with Crippen molar-refractivity contribution in [2.24, 2.45) is 0 Å². The number of rotatable bonds is 2. The summed E-state index contributed by atoms with van der Waals surface area (Å²) in [5.74, 6) is -1.89. The number of hydrogen-bond acceptors (Lipinski definition) is 4. The molecule has 1 unspecified atom stereocenters. The highest BCUT2D eigenvalue weighted by Gasteiger charge is 2.32. The van der Waals surface area contributed by atoms with Crippen LogP contribution in [0.4, 0.5) is 0 Å². The van der Waals surface area contributed by atoms with E-state index in [1.165, 1.54) is 23.6 Å². The average Bonchev–Trinajstić information content (AvgIpc) is 2.53. The Hall–Kier alpha value is -2.76. The largest absolute Gasteiger partial charge is 0.481 e. The second kappa shape index (κ2) is 5.32. The van der Waals surface area contributed by atoms with E-state index < -0.39 is 11.9 Å². The summed E-state index contributed by atoms with van der Waals surface area (Å²) in [5.41, 5.74) is 2.00. The SMILES string of the molecule is O=C(O)C1CN(C(=O)c2cncnc2)Cc2ccccc21. The van der Waals surface area contributed by atoms with Gasteiger partial charge in [0.1, 0.15) is 6.33 Å². The zero-order chi connectivity index (χ0) is 14.8. The van der Waals surface area contributed by atoms with Crippen LogP contribution in [0.2, 0.25) is 0 Å². The molecule has 1 aliphatic rings. The Balaban J connectivity index is 1.93. The van der Waals surface area contributed by atoms with Gasteiger partial charge in [0, 0.05) is 25.5 Å². The minimum atomic E-state index is -0.927. The maximum Gasteiger partial charge on any atom is 0.312 e. The number of amides is 1. The van der Waals surface area contributed by atoms with Crippen LogP contribution in [-0.2, 0) is 11.3 Å². The summed E-state index contributed by atoms with van der Waals surface area (Å²) in [7, 11) is 0. The number of aromatic nitrogens is 2. The fourth-order valence-electron chi connectivity index (χ4n) is 2.56. The number of carboxylic acid groups (broad SMARTS) is 1. The fourth-order valence-corrected chi connectivity index (χ4v) is 2.56. The Morgan fingerprint density at radius 2 is 1.90 bits per heavy atom. The summed E-state index contributed by atoms with van der Waals surface area (Å²) < 4.78 is 0. The van der Waals surface area contributed by atoms with Crippen molar-refractivity contribution in [3.8, 4) is 0 Å². The van der Waals surface area contributed by atoms with Gasteiger partial charge in [0.2, 0.25) is 0 Å². The lowest BCUT2D eigenvalue weighted by atomic mass is 9.89.